The molecule has 1 N–H and O–H groups in total. The lowest BCUT2D eigenvalue weighted by Gasteiger charge is -2.10. The number of rotatable bonds is 7. The van der Waals surface area contributed by atoms with Crippen LogP contribution in [0.15, 0.2) is 41.6 Å². The largest absolute Gasteiger partial charge is 0.485 e. The van der Waals surface area contributed by atoms with Gasteiger partial charge < -0.3 is 14.6 Å². The maximum absolute atomic E-state index is 12.3. The van der Waals surface area contributed by atoms with Gasteiger partial charge in [0.25, 0.3) is 0 Å². The Bertz CT molecular complexity index is 1020. The molecule has 152 valence electrons. The number of aryl methyl sites for hydroxylation is 2. The minimum atomic E-state index is -0.235. The second-order valence-electron chi connectivity index (χ2n) is 6.45. The molecule has 29 heavy (non-hydrogen) atoms. The Morgan fingerprint density at radius 2 is 1.90 bits per heavy atom. The van der Waals surface area contributed by atoms with Crippen LogP contribution in [0.4, 0.5) is 5.69 Å². The third-order valence-electron chi connectivity index (χ3n) is 4.17. The maximum Gasteiger partial charge on any atom is 0.234 e. The van der Waals surface area contributed by atoms with Crippen LogP contribution in [0.25, 0.3) is 0 Å². The summed E-state index contributed by atoms with van der Waals surface area (Å²) in [6, 6.07) is 11.1. The van der Waals surface area contributed by atoms with Gasteiger partial charge in [-0.3, -0.25) is 4.79 Å². The van der Waals surface area contributed by atoms with E-state index >= 15 is 0 Å². The molecule has 3 aromatic rings. The van der Waals surface area contributed by atoms with Gasteiger partial charge in [-0.2, -0.15) is 0 Å². The first-order valence-electron chi connectivity index (χ1n) is 8.80. The van der Waals surface area contributed by atoms with E-state index in [2.05, 4.69) is 21.6 Å². The summed E-state index contributed by atoms with van der Waals surface area (Å²) in [7, 11) is 1.84. The lowest BCUT2D eigenvalue weighted by Crippen LogP contribution is -2.15. The topological polar surface area (TPSA) is 69.0 Å². The molecule has 1 heterocycles. The molecule has 0 unspecified atom stereocenters. The first kappa shape index (κ1) is 21.5. The Morgan fingerprint density at radius 1 is 1.17 bits per heavy atom. The van der Waals surface area contributed by atoms with Crippen molar-refractivity contribution in [3.05, 3.63) is 63.4 Å². The molecule has 0 spiro atoms. The molecule has 1 amide bonds. The van der Waals surface area contributed by atoms with Gasteiger partial charge in [0.1, 0.15) is 12.4 Å². The van der Waals surface area contributed by atoms with Gasteiger partial charge in [0.05, 0.1) is 21.5 Å². The standard InChI is InChI=1S/C20H20Cl2N4O2S/c1-12-7-8-16(13(2)9-12)28-10-17-24-25-20(26(17)3)29-11-18(27)23-19-14(21)5-4-6-15(19)22/h4-9H,10-11H2,1-3H3,(H,23,27). The molecule has 0 fully saturated rings. The summed E-state index contributed by atoms with van der Waals surface area (Å²) in [4.78, 5) is 12.3. The Kier molecular flexibility index (Phi) is 7.05. The Hall–Kier alpha value is -2.22. The molecule has 9 heteroatoms. The number of para-hydroxylation sites is 1. The minimum absolute atomic E-state index is 0.144. The van der Waals surface area contributed by atoms with Crippen LogP contribution in [-0.2, 0) is 18.4 Å². The van der Waals surface area contributed by atoms with Crippen molar-refractivity contribution in [3.63, 3.8) is 0 Å². The highest BCUT2D eigenvalue weighted by atomic mass is 35.5. The van der Waals surface area contributed by atoms with E-state index in [1.807, 2.05) is 37.6 Å². The Labute approximate surface area is 183 Å². The maximum atomic E-state index is 12.3. The molecular weight excluding hydrogens is 431 g/mol. The zero-order valence-electron chi connectivity index (χ0n) is 16.2. The van der Waals surface area contributed by atoms with Crippen molar-refractivity contribution in [1.82, 2.24) is 14.8 Å². The smallest absolute Gasteiger partial charge is 0.234 e. The minimum Gasteiger partial charge on any atom is -0.485 e. The van der Waals surface area contributed by atoms with Crippen LogP contribution < -0.4 is 10.1 Å². The van der Waals surface area contributed by atoms with Crippen LogP contribution >= 0.6 is 35.0 Å². The summed E-state index contributed by atoms with van der Waals surface area (Å²) in [6.07, 6.45) is 0. The van der Waals surface area contributed by atoms with Crippen molar-refractivity contribution in [2.45, 2.75) is 25.6 Å². The highest BCUT2D eigenvalue weighted by Gasteiger charge is 2.14. The quantitative estimate of drug-likeness (QED) is 0.510. The van der Waals surface area contributed by atoms with Crippen molar-refractivity contribution in [2.24, 2.45) is 7.05 Å². The first-order valence-corrected chi connectivity index (χ1v) is 10.5. The number of carbonyl (C=O) groups is 1. The highest BCUT2D eigenvalue weighted by molar-refractivity contribution is 7.99. The van der Waals surface area contributed by atoms with Crippen LogP contribution in [0.3, 0.4) is 0 Å². The number of anilines is 1. The average Bonchev–Trinajstić information content (AvgIpc) is 3.02. The van der Waals surface area contributed by atoms with E-state index in [1.165, 1.54) is 17.3 Å². The number of nitrogens with zero attached hydrogens (tertiary/aromatic N) is 3. The predicted molar refractivity (Wildman–Crippen MR) is 117 cm³/mol. The molecule has 1 aromatic heterocycles. The van der Waals surface area contributed by atoms with Gasteiger partial charge in [0, 0.05) is 7.05 Å². The van der Waals surface area contributed by atoms with Gasteiger partial charge in [-0.15, -0.1) is 10.2 Å². The van der Waals surface area contributed by atoms with Crippen molar-refractivity contribution in [3.8, 4) is 5.75 Å². The normalized spacial score (nSPS) is 10.8. The SMILES string of the molecule is Cc1ccc(OCc2nnc(SCC(=O)Nc3c(Cl)cccc3Cl)n2C)c(C)c1. The fourth-order valence-corrected chi connectivity index (χ4v) is 3.84. The molecule has 0 saturated carbocycles. The van der Waals surface area contributed by atoms with Crippen molar-refractivity contribution < 1.29 is 9.53 Å². The molecule has 0 saturated heterocycles. The second kappa shape index (κ2) is 9.52. The average molecular weight is 451 g/mol. The van der Waals surface area contributed by atoms with Gasteiger partial charge in [0.2, 0.25) is 5.91 Å². The number of aromatic nitrogens is 3. The molecule has 0 bridgehead atoms. The predicted octanol–water partition coefficient (Wildman–Crippen LogP) is 5.05. The molecule has 0 atom stereocenters. The highest BCUT2D eigenvalue weighted by Crippen LogP contribution is 2.30. The third-order valence-corrected chi connectivity index (χ3v) is 5.82. The number of hydrogen-bond acceptors (Lipinski definition) is 5. The summed E-state index contributed by atoms with van der Waals surface area (Å²) in [5.41, 5.74) is 2.65. The van der Waals surface area contributed by atoms with E-state index in [1.54, 1.807) is 18.2 Å². The third kappa shape index (κ3) is 5.44. The summed E-state index contributed by atoms with van der Waals surface area (Å²) in [5.74, 6) is 1.39. The molecule has 2 aromatic carbocycles. The fourth-order valence-electron chi connectivity index (χ4n) is 2.62. The molecule has 0 aliphatic carbocycles. The monoisotopic (exact) mass is 450 g/mol. The summed E-state index contributed by atoms with van der Waals surface area (Å²) < 4.78 is 7.67. The Balaban J connectivity index is 1.57. The van der Waals surface area contributed by atoms with Gasteiger partial charge in [-0.25, -0.2) is 0 Å². The van der Waals surface area contributed by atoms with Crippen LogP contribution in [0.5, 0.6) is 5.75 Å². The van der Waals surface area contributed by atoms with Gasteiger partial charge in [-0.1, -0.05) is 58.7 Å². The van der Waals surface area contributed by atoms with E-state index in [0.29, 0.717) is 26.7 Å². The molecule has 6 nitrogen and oxygen atoms in total. The molecule has 0 aliphatic heterocycles. The van der Waals surface area contributed by atoms with E-state index in [-0.39, 0.29) is 18.3 Å². The lowest BCUT2D eigenvalue weighted by atomic mass is 10.1. The van der Waals surface area contributed by atoms with Crippen molar-refractivity contribution in [2.75, 3.05) is 11.1 Å². The number of carbonyl (C=O) groups excluding carboxylic acids is 1. The van der Waals surface area contributed by atoms with Crippen LogP contribution in [-0.4, -0.2) is 26.4 Å². The summed E-state index contributed by atoms with van der Waals surface area (Å²) in [5, 5.41) is 12.4. The van der Waals surface area contributed by atoms with Gasteiger partial charge in [-0.05, 0) is 37.6 Å². The Morgan fingerprint density at radius 3 is 2.59 bits per heavy atom. The van der Waals surface area contributed by atoms with Crippen molar-refractivity contribution in [1.29, 1.82) is 0 Å². The number of hydrogen-bond donors (Lipinski definition) is 1. The summed E-state index contributed by atoms with van der Waals surface area (Å²) in [6.45, 7) is 4.33. The van der Waals surface area contributed by atoms with Gasteiger partial charge in [0.15, 0.2) is 11.0 Å². The molecule has 0 radical (unpaired) electrons. The van der Waals surface area contributed by atoms with E-state index < -0.39 is 0 Å². The van der Waals surface area contributed by atoms with E-state index in [0.717, 1.165) is 11.3 Å². The number of nitrogens with one attached hydrogen (secondary N) is 1. The van der Waals surface area contributed by atoms with E-state index in [4.69, 9.17) is 27.9 Å². The van der Waals surface area contributed by atoms with E-state index in [9.17, 15) is 4.79 Å². The van der Waals surface area contributed by atoms with Crippen molar-refractivity contribution >= 4 is 46.6 Å². The number of amides is 1. The fraction of sp³-hybridized carbons (Fsp3) is 0.250. The van der Waals surface area contributed by atoms with Crippen LogP contribution in [0, 0.1) is 13.8 Å². The zero-order valence-corrected chi connectivity index (χ0v) is 18.5. The second-order valence-corrected chi connectivity index (χ2v) is 8.21. The molecular formula is C20H20Cl2N4O2S. The number of ether oxygens (including phenoxy) is 1. The molecule has 3 rings (SSSR count). The number of halogens is 2. The summed E-state index contributed by atoms with van der Waals surface area (Å²) >= 11 is 13.4. The van der Waals surface area contributed by atoms with Crippen LogP contribution in [0.2, 0.25) is 10.0 Å². The molecule has 0 aliphatic rings. The lowest BCUT2D eigenvalue weighted by molar-refractivity contribution is -0.113. The first-order chi connectivity index (χ1) is 13.8. The number of thioether (sulfide) groups is 1. The zero-order chi connectivity index (χ0) is 21.0. The number of benzene rings is 2. The van der Waals surface area contributed by atoms with Crippen LogP contribution in [0.1, 0.15) is 17.0 Å². The van der Waals surface area contributed by atoms with Gasteiger partial charge >= 0.3 is 0 Å².